The number of ether oxygens (including phenoxy) is 3. The highest BCUT2D eigenvalue weighted by Gasteiger charge is 2.16. The van der Waals surface area contributed by atoms with Crippen molar-refractivity contribution in [2.24, 2.45) is 0 Å². The van der Waals surface area contributed by atoms with Crippen molar-refractivity contribution in [3.05, 3.63) is 95.6 Å². The average molecular weight is 521 g/mol. The van der Waals surface area contributed by atoms with Gasteiger partial charge in [0.25, 0.3) is 6.47 Å². The van der Waals surface area contributed by atoms with Crippen LogP contribution in [0.4, 0.5) is 0 Å². The Bertz CT molecular complexity index is 1050. The summed E-state index contributed by atoms with van der Waals surface area (Å²) in [5.41, 5.74) is 3.80. The Morgan fingerprint density at radius 2 is 1.61 bits per heavy atom. The first-order valence-electron chi connectivity index (χ1n) is 13.5. The summed E-state index contributed by atoms with van der Waals surface area (Å²) in [6, 6.07) is 28.0. The number of rotatable bonds is 13. The van der Waals surface area contributed by atoms with Gasteiger partial charge in [-0.05, 0) is 67.6 Å². The van der Waals surface area contributed by atoms with Crippen LogP contribution in [-0.4, -0.2) is 51.3 Å². The topological polar surface area (TPSA) is 60.0 Å². The van der Waals surface area contributed by atoms with E-state index in [4.69, 9.17) is 14.3 Å². The highest BCUT2D eigenvalue weighted by atomic mass is 16.5. The van der Waals surface area contributed by atoms with Gasteiger partial charge in [0.1, 0.15) is 6.61 Å². The van der Waals surface area contributed by atoms with E-state index in [1.807, 2.05) is 18.2 Å². The van der Waals surface area contributed by atoms with E-state index in [-0.39, 0.29) is 1.43 Å². The summed E-state index contributed by atoms with van der Waals surface area (Å²) in [6.45, 7) is 5.13. The Labute approximate surface area is 229 Å². The highest BCUT2D eigenvalue weighted by molar-refractivity contribution is 5.43. The minimum atomic E-state index is 0. The van der Waals surface area contributed by atoms with Crippen LogP contribution >= 0.6 is 0 Å². The molecule has 0 aromatic heterocycles. The van der Waals surface area contributed by atoms with Crippen LogP contribution in [-0.2, 0) is 29.1 Å². The maximum atomic E-state index is 8.95. The smallest absolute Gasteiger partial charge is 0.292 e. The monoisotopic (exact) mass is 520 g/mol. The van der Waals surface area contributed by atoms with Gasteiger partial charge in [0.2, 0.25) is 0 Å². The Hall–Kier alpha value is -3.35. The van der Waals surface area contributed by atoms with E-state index >= 15 is 0 Å². The molecule has 38 heavy (non-hydrogen) atoms. The summed E-state index contributed by atoms with van der Waals surface area (Å²) in [7, 11) is 3.03. The van der Waals surface area contributed by atoms with Gasteiger partial charge in [-0.2, -0.15) is 0 Å². The molecule has 4 rings (SSSR count). The van der Waals surface area contributed by atoms with Crippen LogP contribution in [0.2, 0.25) is 0 Å². The number of carbonyl (C=O) groups excluding carboxylic acids is 1. The van der Waals surface area contributed by atoms with E-state index in [9.17, 15) is 0 Å². The first kappa shape index (κ1) is 29.2. The average Bonchev–Trinajstić information content (AvgIpc) is 2.99. The number of carbonyl (C=O) groups is 1. The lowest BCUT2D eigenvalue weighted by molar-refractivity contribution is -0.126. The number of piperidine rings is 1. The summed E-state index contributed by atoms with van der Waals surface area (Å²) in [5.74, 6) is 1.59. The third-order valence-corrected chi connectivity index (χ3v) is 6.73. The number of methoxy groups -OCH3 is 2. The summed E-state index contributed by atoms with van der Waals surface area (Å²) in [4.78, 5) is 11.5. The molecule has 1 unspecified atom stereocenters. The van der Waals surface area contributed by atoms with E-state index in [0.29, 0.717) is 19.1 Å². The zero-order valence-corrected chi connectivity index (χ0v) is 22.8. The molecule has 0 saturated carbocycles. The van der Waals surface area contributed by atoms with Crippen LogP contribution in [0, 0.1) is 0 Å². The number of hydrogen-bond acceptors (Lipinski definition) is 6. The van der Waals surface area contributed by atoms with Gasteiger partial charge in [-0.25, -0.2) is 0 Å². The van der Waals surface area contributed by atoms with Gasteiger partial charge in [-0.15, -0.1) is 0 Å². The maximum absolute atomic E-state index is 8.95. The third kappa shape index (κ3) is 10.6. The fraction of sp³-hybridized carbons (Fsp3) is 0.406. The molecular weight excluding hydrogens is 476 g/mol. The molecule has 6 nitrogen and oxygen atoms in total. The number of nitrogens with zero attached hydrogens (tertiary/aromatic N) is 1. The zero-order chi connectivity index (χ0) is 26.8. The first-order valence-corrected chi connectivity index (χ1v) is 13.5. The summed E-state index contributed by atoms with van der Waals surface area (Å²) in [6.07, 6.45) is 6.22. The van der Waals surface area contributed by atoms with Crippen molar-refractivity contribution < 1.29 is 20.4 Å². The highest BCUT2D eigenvalue weighted by Crippen LogP contribution is 2.29. The number of nitrogens with one attached hydrogen (secondary N) is 1. The molecule has 1 aliphatic rings. The molecule has 0 amide bonds. The Morgan fingerprint density at radius 1 is 0.895 bits per heavy atom. The third-order valence-electron chi connectivity index (χ3n) is 6.73. The molecule has 0 bridgehead atoms. The van der Waals surface area contributed by atoms with Crippen LogP contribution in [0.25, 0.3) is 0 Å². The van der Waals surface area contributed by atoms with Crippen molar-refractivity contribution in [3.63, 3.8) is 0 Å². The van der Waals surface area contributed by atoms with E-state index in [1.54, 1.807) is 7.11 Å². The van der Waals surface area contributed by atoms with Crippen LogP contribution in [0.3, 0.4) is 0 Å². The molecule has 1 heterocycles. The minimum absolute atomic E-state index is 0. The molecular formula is C32H44N2O4. The van der Waals surface area contributed by atoms with E-state index in [0.717, 1.165) is 49.7 Å². The lowest BCUT2D eigenvalue weighted by Gasteiger charge is -2.28. The first-order chi connectivity index (χ1) is 18.7. The van der Waals surface area contributed by atoms with Crippen LogP contribution in [0.5, 0.6) is 11.5 Å². The quantitative estimate of drug-likeness (QED) is 0.284. The van der Waals surface area contributed by atoms with Crippen LogP contribution in [0.1, 0.15) is 43.8 Å². The SMILES string of the molecule is COC=O.COc1cc(CN(CCc2ccccc2)CCC2CCCCN2)ccc1OCc1ccccc1.[HH]. The number of hydrogen-bond donors (Lipinski definition) is 1. The van der Waals surface area contributed by atoms with Crippen molar-refractivity contribution >= 4 is 6.47 Å². The van der Waals surface area contributed by atoms with Crippen molar-refractivity contribution in [2.45, 2.75) is 51.3 Å². The Morgan fingerprint density at radius 3 is 2.24 bits per heavy atom. The van der Waals surface area contributed by atoms with Gasteiger partial charge < -0.3 is 19.5 Å². The van der Waals surface area contributed by atoms with E-state index in [2.05, 4.69) is 75.6 Å². The molecule has 6 heteroatoms. The molecule has 0 radical (unpaired) electrons. The lowest BCUT2D eigenvalue weighted by Crippen LogP contribution is -2.37. The zero-order valence-electron chi connectivity index (χ0n) is 22.8. The minimum Gasteiger partial charge on any atom is -0.493 e. The second kappa shape index (κ2) is 17.2. The molecule has 1 fully saturated rings. The predicted octanol–water partition coefficient (Wildman–Crippen LogP) is 5.89. The van der Waals surface area contributed by atoms with E-state index in [1.165, 1.54) is 43.9 Å². The van der Waals surface area contributed by atoms with Gasteiger partial charge in [0.05, 0.1) is 14.2 Å². The van der Waals surface area contributed by atoms with Crippen molar-refractivity contribution in [3.8, 4) is 11.5 Å². The van der Waals surface area contributed by atoms with Crippen molar-refractivity contribution in [2.75, 3.05) is 33.9 Å². The Balaban J connectivity index is 0.000000998. The normalized spacial score (nSPS) is 14.8. The van der Waals surface area contributed by atoms with E-state index < -0.39 is 0 Å². The molecule has 1 atom stereocenters. The molecule has 1 aliphatic heterocycles. The summed E-state index contributed by atoms with van der Waals surface area (Å²) >= 11 is 0. The molecule has 206 valence electrons. The van der Waals surface area contributed by atoms with Gasteiger partial charge in [-0.3, -0.25) is 9.69 Å². The van der Waals surface area contributed by atoms with Gasteiger partial charge >= 0.3 is 0 Å². The summed E-state index contributed by atoms with van der Waals surface area (Å²) in [5, 5.41) is 3.70. The number of benzene rings is 3. The van der Waals surface area contributed by atoms with Gasteiger partial charge in [0, 0.05) is 20.6 Å². The van der Waals surface area contributed by atoms with Crippen molar-refractivity contribution in [1.82, 2.24) is 10.2 Å². The molecule has 0 aliphatic carbocycles. The molecule has 1 N–H and O–H groups in total. The molecule has 0 spiro atoms. The van der Waals surface area contributed by atoms with Crippen LogP contribution in [0.15, 0.2) is 78.9 Å². The second-order valence-electron chi connectivity index (χ2n) is 9.54. The van der Waals surface area contributed by atoms with Gasteiger partial charge in [0.15, 0.2) is 11.5 Å². The molecule has 3 aromatic carbocycles. The lowest BCUT2D eigenvalue weighted by atomic mass is 10.0. The predicted molar refractivity (Wildman–Crippen MR) is 155 cm³/mol. The standard InChI is InChI=1S/C30H38N2O2.C2H4O2.H2/c1-33-30-22-27(15-16-29(30)34-24-26-12-6-3-7-13-26)23-32(20-17-25-10-4-2-5-11-25)21-18-28-14-8-9-19-31-28;1-4-2-3;/h2-7,10-13,15-16,22,28,31H,8-9,14,17-21,23-24H2,1H3;2H,1H3;1H. The fourth-order valence-corrected chi connectivity index (χ4v) is 4.63. The van der Waals surface area contributed by atoms with Crippen molar-refractivity contribution in [1.29, 1.82) is 0 Å². The maximum Gasteiger partial charge on any atom is 0.292 e. The fourth-order valence-electron chi connectivity index (χ4n) is 4.63. The molecule has 3 aromatic rings. The Kier molecular flexibility index (Phi) is 13.2. The van der Waals surface area contributed by atoms with Crippen LogP contribution < -0.4 is 14.8 Å². The molecule has 1 saturated heterocycles. The summed E-state index contributed by atoms with van der Waals surface area (Å²) < 4.78 is 15.6. The van der Waals surface area contributed by atoms with Gasteiger partial charge in [-0.1, -0.05) is 73.2 Å². The second-order valence-corrected chi connectivity index (χ2v) is 9.54. The largest absolute Gasteiger partial charge is 0.493 e.